The zero-order chi connectivity index (χ0) is 15.2. The predicted octanol–water partition coefficient (Wildman–Crippen LogP) is 2.37. The summed E-state index contributed by atoms with van der Waals surface area (Å²) in [6.45, 7) is 7.08. The second-order valence-corrected chi connectivity index (χ2v) is 7.23. The molecule has 4 nitrogen and oxygen atoms in total. The fourth-order valence-electron chi connectivity index (χ4n) is 2.89. The first-order valence-corrected chi connectivity index (χ1v) is 8.76. The van der Waals surface area contributed by atoms with Gasteiger partial charge in [-0.2, -0.15) is 0 Å². The molecule has 1 aliphatic rings. The third-order valence-corrected chi connectivity index (χ3v) is 4.96. The van der Waals surface area contributed by atoms with Gasteiger partial charge in [0.25, 0.3) is 0 Å². The standard InChI is InChI=1S/C16H27N3OS/c1-12(2)10-13(17)16(20)18-11-14(15-6-5-9-21-15)19-7-3-4-8-19/h5-6,9,12-14H,3-4,7-8,10-11,17H2,1-2H3,(H,18,20)/t13-,14?/m0/s1. The van der Waals surface area contributed by atoms with Crippen LogP contribution in [-0.2, 0) is 4.79 Å². The molecule has 21 heavy (non-hydrogen) atoms. The molecule has 3 N–H and O–H groups in total. The summed E-state index contributed by atoms with van der Waals surface area (Å²) in [5, 5.41) is 5.16. The van der Waals surface area contributed by atoms with E-state index in [0.717, 1.165) is 19.5 Å². The van der Waals surface area contributed by atoms with Crippen LogP contribution in [0.5, 0.6) is 0 Å². The van der Waals surface area contributed by atoms with Gasteiger partial charge in [-0.1, -0.05) is 19.9 Å². The Labute approximate surface area is 131 Å². The van der Waals surface area contributed by atoms with E-state index in [1.165, 1.54) is 17.7 Å². The van der Waals surface area contributed by atoms with Crippen LogP contribution < -0.4 is 11.1 Å². The van der Waals surface area contributed by atoms with E-state index < -0.39 is 6.04 Å². The summed E-state index contributed by atoms with van der Waals surface area (Å²) in [5.74, 6) is 0.418. The molecular formula is C16H27N3OS. The lowest BCUT2D eigenvalue weighted by molar-refractivity contribution is -0.122. The predicted molar refractivity (Wildman–Crippen MR) is 88.3 cm³/mol. The van der Waals surface area contributed by atoms with Gasteiger partial charge in [0, 0.05) is 11.4 Å². The van der Waals surface area contributed by atoms with Gasteiger partial charge < -0.3 is 11.1 Å². The number of amides is 1. The Balaban J connectivity index is 1.91. The van der Waals surface area contributed by atoms with Crippen molar-refractivity contribution in [3.63, 3.8) is 0 Å². The lowest BCUT2D eigenvalue weighted by Crippen LogP contribution is -2.44. The Hall–Kier alpha value is -0.910. The van der Waals surface area contributed by atoms with Gasteiger partial charge in [-0.25, -0.2) is 0 Å². The van der Waals surface area contributed by atoms with E-state index in [1.807, 2.05) is 0 Å². The Morgan fingerprint density at radius 1 is 1.43 bits per heavy atom. The smallest absolute Gasteiger partial charge is 0.236 e. The first-order chi connectivity index (χ1) is 10.1. The van der Waals surface area contributed by atoms with E-state index in [-0.39, 0.29) is 5.91 Å². The van der Waals surface area contributed by atoms with Crippen molar-refractivity contribution in [1.29, 1.82) is 0 Å². The first-order valence-electron chi connectivity index (χ1n) is 7.88. The van der Waals surface area contributed by atoms with E-state index in [2.05, 4.69) is 41.6 Å². The number of nitrogens with two attached hydrogens (primary N) is 1. The fourth-order valence-corrected chi connectivity index (χ4v) is 3.75. The fraction of sp³-hybridized carbons (Fsp3) is 0.688. The molecule has 1 aromatic heterocycles. The Morgan fingerprint density at radius 2 is 2.14 bits per heavy atom. The number of carbonyl (C=O) groups is 1. The number of hydrogen-bond acceptors (Lipinski definition) is 4. The minimum atomic E-state index is -0.396. The van der Waals surface area contributed by atoms with Crippen LogP contribution >= 0.6 is 11.3 Å². The van der Waals surface area contributed by atoms with Crippen molar-refractivity contribution in [2.45, 2.75) is 45.2 Å². The average molecular weight is 309 g/mol. The highest BCUT2D eigenvalue weighted by atomic mass is 32.1. The SMILES string of the molecule is CC(C)C[C@H](N)C(=O)NCC(c1cccs1)N1CCCC1. The highest BCUT2D eigenvalue weighted by Crippen LogP contribution is 2.27. The topological polar surface area (TPSA) is 58.4 Å². The van der Waals surface area contributed by atoms with Crippen molar-refractivity contribution in [1.82, 2.24) is 10.2 Å². The van der Waals surface area contributed by atoms with Crippen LogP contribution in [0, 0.1) is 5.92 Å². The molecule has 0 aliphatic carbocycles. The van der Waals surface area contributed by atoms with Crippen molar-refractivity contribution >= 4 is 17.2 Å². The summed E-state index contributed by atoms with van der Waals surface area (Å²) in [5.41, 5.74) is 5.95. The van der Waals surface area contributed by atoms with Crippen LogP contribution in [0.25, 0.3) is 0 Å². The highest BCUT2D eigenvalue weighted by molar-refractivity contribution is 7.10. The second kappa shape index (κ2) is 7.92. The third kappa shape index (κ3) is 4.80. The van der Waals surface area contributed by atoms with Crippen molar-refractivity contribution < 1.29 is 4.79 Å². The first kappa shape index (κ1) is 16.5. The largest absolute Gasteiger partial charge is 0.353 e. The Morgan fingerprint density at radius 3 is 2.71 bits per heavy atom. The van der Waals surface area contributed by atoms with E-state index in [4.69, 9.17) is 5.73 Å². The number of rotatable bonds is 7. The lowest BCUT2D eigenvalue weighted by Gasteiger charge is -2.27. The van der Waals surface area contributed by atoms with Crippen molar-refractivity contribution in [2.24, 2.45) is 11.7 Å². The molecule has 1 unspecified atom stereocenters. The molecule has 0 aromatic carbocycles. The summed E-state index contributed by atoms with van der Waals surface area (Å²) in [4.78, 5) is 15.9. The summed E-state index contributed by atoms with van der Waals surface area (Å²) in [6.07, 6.45) is 3.24. The summed E-state index contributed by atoms with van der Waals surface area (Å²) < 4.78 is 0. The molecule has 1 aliphatic heterocycles. The van der Waals surface area contributed by atoms with Crippen LogP contribution in [0.3, 0.4) is 0 Å². The van der Waals surface area contributed by atoms with Gasteiger partial charge in [-0.05, 0) is 49.7 Å². The Bertz CT molecular complexity index is 427. The maximum Gasteiger partial charge on any atom is 0.236 e. The average Bonchev–Trinajstić information content (AvgIpc) is 3.11. The van der Waals surface area contributed by atoms with Crippen molar-refractivity contribution in [3.05, 3.63) is 22.4 Å². The quantitative estimate of drug-likeness (QED) is 0.813. The number of likely N-dealkylation sites (tertiary alicyclic amines) is 1. The zero-order valence-electron chi connectivity index (χ0n) is 13.0. The van der Waals surface area contributed by atoms with E-state index in [9.17, 15) is 4.79 Å². The van der Waals surface area contributed by atoms with Gasteiger partial charge in [0.05, 0.1) is 12.1 Å². The van der Waals surface area contributed by atoms with Crippen LogP contribution in [0.2, 0.25) is 0 Å². The van der Waals surface area contributed by atoms with Crippen LogP contribution in [0.4, 0.5) is 0 Å². The van der Waals surface area contributed by atoms with E-state index in [0.29, 0.717) is 18.5 Å². The van der Waals surface area contributed by atoms with Gasteiger partial charge in [0.2, 0.25) is 5.91 Å². The molecule has 2 heterocycles. The number of thiophene rings is 1. The second-order valence-electron chi connectivity index (χ2n) is 6.26. The minimum absolute atomic E-state index is 0.0237. The molecule has 2 atom stereocenters. The third-order valence-electron chi connectivity index (χ3n) is 3.98. The van der Waals surface area contributed by atoms with Gasteiger partial charge in [-0.3, -0.25) is 9.69 Å². The molecule has 1 amide bonds. The van der Waals surface area contributed by atoms with Gasteiger partial charge in [0.15, 0.2) is 0 Å². The zero-order valence-corrected chi connectivity index (χ0v) is 13.9. The van der Waals surface area contributed by atoms with Gasteiger partial charge >= 0.3 is 0 Å². The van der Waals surface area contributed by atoms with E-state index in [1.54, 1.807) is 11.3 Å². The van der Waals surface area contributed by atoms with E-state index >= 15 is 0 Å². The molecule has 0 bridgehead atoms. The number of carbonyl (C=O) groups excluding carboxylic acids is 1. The summed E-state index contributed by atoms with van der Waals surface area (Å²) in [7, 11) is 0. The molecule has 0 saturated carbocycles. The number of nitrogens with one attached hydrogen (secondary N) is 1. The molecule has 2 rings (SSSR count). The minimum Gasteiger partial charge on any atom is -0.353 e. The van der Waals surface area contributed by atoms with Gasteiger partial charge in [0.1, 0.15) is 0 Å². The van der Waals surface area contributed by atoms with Crippen molar-refractivity contribution in [3.8, 4) is 0 Å². The molecule has 1 fully saturated rings. The number of nitrogens with zero attached hydrogens (tertiary/aromatic N) is 1. The molecule has 0 radical (unpaired) electrons. The summed E-state index contributed by atoms with van der Waals surface area (Å²) >= 11 is 1.76. The lowest BCUT2D eigenvalue weighted by atomic mass is 10.0. The Kier molecular flexibility index (Phi) is 6.21. The molecule has 1 aromatic rings. The molecular weight excluding hydrogens is 282 g/mol. The monoisotopic (exact) mass is 309 g/mol. The summed E-state index contributed by atoms with van der Waals surface area (Å²) in [6, 6.07) is 4.14. The molecule has 118 valence electrons. The van der Waals surface area contributed by atoms with Gasteiger partial charge in [-0.15, -0.1) is 11.3 Å². The molecule has 1 saturated heterocycles. The highest BCUT2D eigenvalue weighted by Gasteiger charge is 2.25. The maximum atomic E-state index is 12.1. The van der Waals surface area contributed by atoms with Crippen LogP contribution in [0.15, 0.2) is 17.5 Å². The normalized spacial score (nSPS) is 18.9. The van der Waals surface area contributed by atoms with Crippen LogP contribution in [-0.4, -0.2) is 36.5 Å². The van der Waals surface area contributed by atoms with Crippen LogP contribution in [0.1, 0.15) is 44.0 Å². The maximum absolute atomic E-state index is 12.1. The molecule has 0 spiro atoms. The number of hydrogen-bond donors (Lipinski definition) is 2. The van der Waals surface area contributed by atoms with Crippen molar-refractivity contribution in [2.75, 3.05) is 19.6 Å². The molecule has 5 heteroatoms.